The first kappa shape index (κ1) is 11.6. The van der Waals surface area contributed by atoms with E-state index in [0.717, 1.165) is 46.8 Å². The molecule has 0 saturated heterocycles. The van der Waals surface area contributed by atoms with Crippen molar-refractivity contribution < 1.29 is 0 Å². The van der Waals surface area contributed by atoms with Crippen molar-refractivity contribution in [1.29, 1.82) is 0 Å². The molecule has 5 rings (SSSR count). The summed E-state index contributed by atoms with van der Waals surface area (Å²) >= 11 is 0. The summed E-state index contributed by atoms with van der Waals surface area (Å²) in [5.74, 6) is 7.39. The molecule has 4 fully saturated rings. The minimum Gasteiger partial charge on any atom is -0.0876 e. The number of rotatable bonds is 3. The molecule has 0 nitrogen and oxygen atoms in total. The summed E-state index contributed by atoms with van der Waals surface area (Å²) < 4.78 is 0. The van der Waals surface area contributed by atoms with Gasteiger partial charge in [-0.1, -0.05) is 45.8 Å². The first-order valence-corrected chi connectivity index (χ1v) is 8.36. The van der Waals surface area contributed by atoms with Gasteiger partial charge in [-0.2, -0.15) is 0 Å². The van der Waals surface area contributed by atoms with Crippen molar-refractivity contribution >= 4 is 0 Å². The second-order valence-electron chi connectivity index (χ2n) is 7.90. The van der Waals surface area contributed by atoms with Crippen molar-refractivity contribution in [3.63, 3.8) is 0 Å². The summed E-state index contributed by atoms with van der Waals surface area (Å²) in [6.07, 6.45) is 12.4. The standard InChI is InChI=1S/C18H28/c1-4-6-13-9-11(2)17-16(13)15-10-18(17,12(15)3)14-7-5-8-14/h5,7,11-17H,4,6,8-10H2,1-3H3/t11-,12?,13+,14?,15?,16?,17+,18?/m0/s1. The number of allylic oxidation sites excluding steroid dienone is 2. The van der Waals surface area contributed by atoms with Gasteiger partial charge in [0.25, 0.3) is 0 Å². The minimum atomic E-state index is 0.756. The third-order valence-corrected chi connectivity index (χ3v) is 7.55. The van der Waals surface area contributed by atoms with Crippen LogP contribution in [0.4, 0.5) is 0 Å². The highest BCUT2D eigenvalue weighted by molar-refractivity contribution is 5.26. The van der Waals surface area contributed by atoms with Crippen LogP contribution >= 0.6 is 0 Å². The first-order valence-electron chi connectivity index (χ1n) is 8.36. The van der Waals surface area contributed by atoms with Crippen LogP contribution in [0.2, 0.25) is 0 Å². The molecule has 0 aromatic rings. The van der Waals surface area contributed by atoms with Gasteiger partial charge >= 0.3 is 0 Å². The van der Waals surface area contributed by atoms with Crippen LogP contribution in [0.1, 0.15) is 52.9 Å². The summed E-state index contributed by atoms with van der Waals surface area (Å²) in [7, 11) is 0. The third kappa shape index (κ3) is 1.10. The minimum absolute atomic E-state index is 0.756. The SMILES string of the molecule is CCC[C@@H]1C[C@H](C)[C@@H]2C1C1CC2(C2C=CC2)C1C. The predicted molar refractivity (Wildman–Crippen MR) is 76.1 cm³/mol. The normalized spacial score (nSPS) is 60.3. The molecule has 4 saturated carbocycles. The summed E-state index contributed by atoms with van der Waals surface area (Å²) in [4.78, 5) is 0. The lowest BCUT2D eigenvalue weighted by Crippen LogP contribution is -2.49. The van der Waals surface area contributed by atoms with Crippen molar-refractivity contribution in [2.24, 2.45) is 46.8 Å². The van der Waals surface area contributed by atoms with E-state index in [0.29, 0.717) is 0 Å². The molecule has 0 amide bonds. The van der Waals surface area contributed by atoms with E-state index in [2.05, 4.69) is 32.9 Å². The maximum absolute atomic E-state index is 2.59. The Kier molecular flexibility index (Phi) is 2.34. The van der Waals surface area contributed by atoms with Crippen molar-refractivity contribution in [3.8, 4) is 0 Å². The topological polar surface area (TPSA) is 0 Å². The number of hydrogen-bond donors (Lipinski definition) is 0. The van der Waals surface area contributed by atoms with E-state index in [-0.39, 0.29) is 0 Å². The second-order valence-corrected chi connectivity index (χ2v) is 7.90. The fraction of sp³-hybridized carbons (Fsp3) is 0.889. The van der Waals surface area contributed by atoms with Crippen LogP contribution in [-0.2, 0) is 0 Å². The Balaban J connectivity index is 1.67. The Morgan fingerprint density at radius 3 is 2.61 bits per heavy atom. The molecule has 100 valence electrons. The lowest BCUT2D eigenvalue weighted by molar-refractivity contribution is -0.0460. The van der Waals surface area contributed by atoms with Gasteiger partial charge in [0.1, 0.15) is 0 Å². The molecule has 5 aliphatic carbocycles. The Morgan fingerprint density at radius 1 is 1.28 bits per heavy atom. The summed E-state index contributed by atoms with van der Waals surface area (Å²) in [5.41, 5.74) is 0.756. The zero-order valence-electron chi connectivity index (χ0n) is 12.2. The number of hydrogen-bond acceptors (Lipinski definition) is 0. The van der Waals surface area contributed by atoms with Crippen LogP contribution in [0.3, 0.4) is 0 Å². The van der Waals surface area contributed by atoms with Gasteiger partial charge in [0.05, 0.1) is 0 Å². The monoisotopic (exact) mass is 244 g/mol. The van der Waals surface area contributed by atoms with Gasteiger partial charge < -0.3 is 0 Å². The summed E-state index contributed by atoms with van der Waals surface area (Å²) in [5, 5.41) is 0. The van der Waals surface area contributed by atoms with Crippen LogP contribution < -0.4 is 0 Å². The highest BCUT2D eigenvalue weighted by atomic mass is 14.8. The Hall–Kier alpha value is -0.260. The van der Waals surface area contributed by atoms with Crippen molar-refractivity contribution in [2.45, 2.75) is 52.9 Å². The molecule has 0 spiro atoms. The van der Waals surface area contributed by atoms with Gasteiger partial charge in [-0.05, 0) is 66.1 Å². The van der Waals surface area contributed by atoms with E-state index in [1.54, 1.807) is 12.8 Å². The smallest absolute Gasteiger partial charge is 0.0137 e. The molecule has 0 aliphatic heterocycles. The van der Waals surface area contributed by atoms with Crippen molar-refractivity contribution in [3.05, 3.63) is 12.2 Å². The van der Waals surface area contributed by atoms with E-state index in [1.807, 2.05) is 0 Å². The average Bonchev–Trinajstić information content (AvgIpc) is 2.84. The largest absolute Gasteiger partial charge is 0.0876 e. The molecule has 18 heavy (non-hydrogen) atoms. The van der Waals surface area contributed by atoms with Crippen LogP contribution in [-0.4, -0.2) is 0 Å². The quantitative estimate of drug-likeness (QED) is 0.619. The molecular weight excluding hydrogens is 216 g/mol. The van der Waals surface area contributed by atoms with E-state index < -0.39 is 0 Å². The Labute approximate surface area is 112 Å². The van der Waals surface area contributed by atoms with Crippen molar-refractivity contribution in [1.82, 2.24) is 0 Å². The lowest BCUT2D eigenvalue weighted by Gasteiger charge is -2.55. The molecule has 2 bridgehead atoms. The van der Waals surface area contributed by atoms with Gasteiger partial charge in [-0.15, -0.1) is 0 Å². The lowest BCUT2D eigenvalue weighted by atomic mass is 9.49. The van der Waals surface area contributed by atoms with E-state index >= 15 is 0 Å². The molecule has 0 heteroatoms. The third-order valence-electron chi connectivity index (χ3n) is 7.55. The highest BCUT2D eigenvalue weighted by Crippen LogP contribution is 2.79. The van der Waals surface area contributed by atoms with Gasteiger partial charge in [-0.3, -0.25) is 0 Å². The van der Waals surface area contributed by atoms with Gasteiger partial charge in [0.15, 0.2) is 0 Å². The molecule has 5 unspecified atom stereocenters. The Morgan fingerprint density at radius 2 is 2.06 bits per heavy atom. The van der Waals surface area contributed by atoms with Crippen molar-refractivity contribution in [2.75, 3.05) is 0 Å². The van der Waals surface area contributed by atoms with Crippen LogP contribution in [0.15, 0.2) is 12.2 Å². The summed E-state index contributed by atoms with van der Waals surface area (Å²) in [6.45, 7) is 7.55. The van der Waals surface area contributed by atoms with Gasteiger partial charge in [0, 0.05) is 0 Å². The maximum Gasteiger partial charge on any atom is -0.0137 e. The molecule has 0 heterocycles. The first-order chi connectivity index (χ1) is 8.70. The highest BCUT2D eigenvalue weighted by Gasteiger charge is 2.73. The van der Waals surface area contributed by atoms with E-state index in [4.69, 9.17) is 0 Å². The van der Waals surface area contributed by atoms with Crippen LogP contribution in [0, 0.1) is 46.8 Å². The van der Waals surface area contributed by atoms with E-state index in [9.17, 15) is 0 Å². The molecule has 0 aromatic carbocycles. The zero-order valence-corrected chi connectivity index (χ0v) is 12.2. The Bertz CT molecular complexity index is 381. The molecule has 0 aromatic heterocycles. The fourth-order valence-electron chi connectivity index (χ4n) is 6.96. The van der Waals surface area contributed by atoms with E-state index in [1.165, 1.54) is 19.3 Å². The van der Waals surface area contributed by atoms with Gasteiger partial charge in [0.2, 0.25) is 0 Å². The zero-order chi connectivity index (χ0) is 12.5. The molecule has 0 radical (unpaired) electrons. The van der Waals surface area contributed by atoms with Crippen LogP contribution in [0.5, 0.6) is 0 Å². The predicted octanol–water partition coefficient (Wildman–Crippen LogP) is 4.91. The average molecular weight is 244 g/mol. The maximum atomic E-state index is 2.59. The molecule has 0 N–H and O–H groups in total. The fourth-order valence-corrected chi connectivity index (χ4v) is 6.96. The molecule has 5 aliphatic rings. The van der Waals surface area contributed by atoms with Gasteiger partial charge in [-0.25, -0.2) is 0 Å². The molecular formula is C18H28. The molecule has 8 atom stereocenters. The van der Waals surface area contributed by atoms with Crippen LogP contribution in [0.25, 0.3) is 0 Å². The second kappa shape index (κ2) is 3.64. The summed E-state index contributed by atoms with van der Waals surface area (Å²) in [6, 6.07) is 0.